The van der Waals surface area contributed by atoms with E-state index in [0.29, 0.717) is 13.0 Å². The van der Waals surface area contributed by atoms with Crippen LogP contribution in [0.3, 0.4) is 0 Å². The predicted molar refractivity (Wildman–Crippen MR) is 92.7 cm³/mol. The number of carbonyl (C=O) groups is 1. The zero-order valence-corrected chi connectivity index (χ0v) is 15.3. The van der Waals surface area contributed by atoms with Gasteiger partial charge in [-0.15, -0.1) is 11.6 Å². The Hall–Kier alpha value is -0.220. The summed E-state index contributed by atoms with van der Waals surface area (Å²) in [5.74, 6) is -0.149. The van der Waals surface area contributed by atoms with Crippen molar-refractivity contribution in [3.8, 4) is 0 Å². The Kier molecular flexibility index (Phi) is 9.49. The lowest BCUT2D eigenvalue weighted by atomic mass is 9.79. The fourth-order valence-corrected chi connectivity index (χ4v) is 4.45. The number of ether oxygens (including phenoxy) is 1. The Bertz CT molecular complexity index is 376. The number of esters is 1. The van der Waals surface area contributed by atoms with Gasteiger partial charge in [0, 0.05) is 11.8 Å². The van der Waals surface area contributed by atoms with E-state index in [1.807, 2.05) is 6.92 Å². The van der Waals surface area contributed by atoms with Crippen molar-refractivity contribution in [1.29, 1.82) is 0 Å². The van der Waals surface area contributed by atoms with Crippen LogP contribution >= 0.6 is 23.4 Å². The number of rotatable bonds is 11. The highest BCUT2D eigenvalue weighted by Gasteiger charge is 2.41. The number of thioether (sulfide) groups is 1. The molecule has 1 rings (SSSR count). The molecule has 0 amide bonds. The van der Waals surface area contributed by atoms with Gasteiger partial charge in [0.15, 0.2) is 5.16 Å². The van der Waals surface area contributed by atoms with Crippen molar-refractivity contribution in [2.45, 2.75) is 76.3 Å². The number of alkyl halides is 1. The van der Waals surface area contributed by atoms with Gasteiger partial charge in [-0.1, -0.05) is 50.8 Å². The molecule has 2 unspecified atom stereocenters. The minimum atomic E-state index is -0.251. The minimum absolute atomic E-state index is 0.149. The van der Waals surface area contributed by atoms with Gasteiger partial charge in [0.25, 0.3) is 0 Å². The van der Waals surface area contributed by atoms with Crippen molar-refractivity contribution < 1.29 is 13.9 Å². The first kappa shape index (κ1) is 19.8. The summed E-state index contributed by atoms with van der Waals surface area (Å²) in [5, 5.41) is -0.152. The quantitative estimate of drug-likeness (QED) is 0.252. The molecule has 0 fully saturated rings. The first-order valence-electron chi connectivity index (χ1n) is 8.38. The molecule has 1 aliphatic rings. The second kappa shape index (κ2) is 10.5. The van der Waals surface area contributed by atoms with Crippen molar-refractivity contribution >= 4 is 29.3 Å². The van der Waals surface area contributed by atoms with Gasteiger partial charge >= 0.3 is 5.97 Å². The summed E-state index contributed by atoms with van der Waals surface area (Å²) >= 11 is 7.54. The molecule has 1 aliphatic heterocycles. The summed E-state index contributed by atoms with van der Waals surface area (Å²) in [6.45, 7) is 4.42. The van der Waals surface area contributed by atoms with Crippen LogP contribution in [0.1, 0.15) is 71.6 Å². The Morgan fingerprint density at radius 2 is 1.95 bits per heavy atom. The smallest absolute Gasteiger partial charge is 0.305 e. The molecular formula is C17H28ClFO2S. The minimum Gasteiger partial charge on any atom is -0.466 e. The SMILES string of the molecule is CCCCCCC1(CCCCC(=O)OCC)C=C(F)SC1Cl. The number of hydrogen-bond acceptors (Lipinski definition) is 3. The van der Waals surface area contributed by atoms with Gasteiger partial charge < -0.3 is 4.74 Å². The van der Waals surface area contributed by atoms with Gasteiger partial charge in [-0.2, -0.15) is 4.39 Å². The molecule has 0 saturated heterocycles. The number of halogens is 2. The molecule has 2 nitrogen and oxygen atoms in total. The van der Waals surface area contributed by atoms with E-state index in [9.17, 15) is 9.18 Å². The molecule has 0 radical (unpaired) electrons. The second-order valence-electron chi connectivity index (χ2n) is 5.94. The zero-order valence-electron chi connectivity index (χ0n) is 13.7. The highest BCUT2D eigenvalue weighted by atomic mass is 35.5. The highest BCUT2D eigenvalue weighted by Crippen LogP contribution is 2.53. The average Bonchev–Trinajstić information content (AvgIpc) is 2.75. The maximum atomic E-state index is 13.6. The van der Waals surface area contributed by atoms with E-state index in [1.54, 1.807) is 6.08 Å². The van der Waals surface area contributed by atoms with E-state index >= 15 is 0 Å². The van der Waals surface area contributed by atoms with Crippen LogP contribution in [0, 0.1) is 5.41 Å². The summed E-state index contributed by atoms with van der Waals surface area (Å²) in [6, 6.07) is 0. The van der Waals surface area contributed by atoms with E-state index in [4.69, 9.17) is 16.3 Å². The summed E-state index contributed by atoms with van der Waals surface area (Å²) in [7, 11) is 0. The third-order valence-electron chi connectivity index (χ3n) is 4.14. The van der Waals surface area contributed by atoms with Crippen LogP contribution in [-0.4, -0.2) is 17.3 Å². The van der Waals surface area contributed by atoms with Crippen LogP contribution in [-0.2, 0) is 9.53 Å². The van der Waals surface area contributed by atoms with Gasteiger partial charge in [0.1, 0.15) is 0 Å². The largest absolute Gasteiger partial charge is 0.466 e. The van der Waals surface area contributed by atoms with Crippen LogP contribution in [0.2, 0.25) is 0 Å². The molecule has 0 aromatic rings. The average molecular weight is 351 g/mol. The van der Waals surface area contributed by atoms with E-state index in [2.05, 4.69) is 6.92 Å². The monoisotopic (exact) mass is 350 g/mol. The van der Waals surface area contributed by atoms with Gasteiger partial charge in [-0.05, 0) is 32.3 Å². The number of allylic oxidation sites excluding steroid dienone is 1. The van der Waals surface area contributed by atoms with Crippen LogP contribution in [0.25, 0.3) is 0 Å². The summed E-state index contributed by atoms with van der Waals surface area (Å²) in [5.41, 5.74) is -0.251. The summed E-state index contributed by atoms with van der Waals surface area (Å²) < 4.78 is 18.4. The number of carbonyl (C=O) groups excluding carboxylic acids is 1. The van der Waals surface area contributed by atoms with E-state index in [0.717, 1.165) is 43.9 Å². The molecular weight excluding hydrogens is 323 g/mol. The Labute approximate surface area is 143 Å². The predicted octanol–water partition coefficient (Wildman–Crippen LogP) is 6.19. The van der Waals surface area contributed by atoms with Gasteiger partial charge in [-0.25, -0.2) is 0 Å². The normalized spacial score (nSPS) is 24.4. The van der Waals surface area contributed by atoms with E-state index in [1.165, 1.54) is 19.3 Å². The molecule has 5 heteroatoms. The zero-order chi connectivity index (χ0) is 16.4. The topological polar surface area (TPSA) is 26.3 Å². The number of unbranched alkanes of at least 4 members (excludes halogenated alkanes) is 4. The van der Waals surface area contributed by atoms with Crippen molar-refractivity contribution in [3.05, 3.63) is 11.2 Å². The molecule has 0 aromatic heterocycles. The maximum absolute atomic E-state index is 13.6. The third-order valence-corrected chi connectivity index (χ3v) is 5.86. The lowest BCUT2D eigenvalue weighted by Crippen LogP contribution is -2.24. The van der Waals surface area contributed by atoms with Crippen molar-refractivity contribution in [2.24, 2.45) is 5.41 Å². The summed E-state index contributed by atoms with van der Waals surface area (Å²) in [4.78, 5) is 11.4. The lowest BCUT2D eigenvalue weighted by molar-refractivity contribution is -0.143. The van der Waals surface area contributed by atoms with Crippen LogP contribution in [0.15, 0.2) is 11.2 Å². The Balaban J connectivity index is 2.44. The number of hydrogen-bond donors (Lipinski definition) is 0. The molecule has 0 bridgehead atoms. The Morgan fingerprint density at radius 3 is 2.50 bits per heavy atom. The fraction of sp³-hybridized carbons (Fsp3) is 0.824. The van der Waals surface area contributed by atoms with Gasteiger partial charge in [-0.3, -0.25) is 4.79 Å². The van der Waals surface area contributed by atoms with Gasteiger partial charge in [0.2, 0.25) is 0 Å². The molecule has 2 atom stereocenters. The molecule has 22 heavy (non-hydrogen) atoms. The van der Waals surface area contributed by atoms with E-state index in [-0.39, 0.29) is 21.3 Å². The highest BCUT2D eigenvalue weighted by molar-refractivity contribution is 8.04. The fourth-order valence-electron chi connectivity index (χ4n) is 2.88. The molecule has 0 saturated carbocycles. The molecule has 128 valence electrons. The molecule has 0 aliphatic carbocycles. The third kappa shape index (κ3) is 6.49. The van der Waals surface area contributed by atoms with Crippen LogP contribution in [0.4, 0.5) is 4.39 Å². The molecule has 0 aromatic carbocycles. The first-order chi connectivity index (χ1) is 10.5. The summed E-state index contributed by atoms with van der Waals surface area (Å²) in [6.07, 6.45) is 10.2. The first-order valence-corrected chi connectivity index (χ1v) is 9.70. The Morgan fingerprint density at radius 1 is 1.27 bits per heavy atom. The molecule has 1 heterocycles. The van der Waals surface area contributed by atoms with Gasteiger partial charge in [0.05, 0.1) is 11.3 Å². The van der Waals surface area contributed by atoms with Crippen molar-refractivity contribution in [2.75, 3.05) is 6.61 Å². The van der Waals surface area contributed by atoms with E-state index < -0.39 is 0 Å². The van der Waals surface area contributed by atoms with Crippen LogP contribution in [0.5, 0.6) is 0 Å². The maximum Gasteiger partial charge on any atom is 0.305 e. The molecule has 0 spiro atoms. The second-order valence-corrected chi connectivity index (χ2v) is 7.73. The standard InChI is InChI=1S/C17H28ClFO2S/c1-3-5-6-8-11-17(13-14(19)22-16(17)18)12-9-7-10-15(20)21-4-2/h13,16H,3-12H2,1-2H3. The van der Waals surface area contributed by atoms with Crippen molar-refractivity contribution in [3.63, 3.8) is 0 Å². The van der Waals surface area contributed by atoms with Crippen LogP contribution < -0.4 is 0 Å². The molecule has 0 N–H and O–H groups in total. The lowest BCUT2D eigenvalue weighted by Gasteiger charge is -2.30. The van der Waals surface area contributed by atoms with Crippen molar-refractivity contribution in [1.82, 2.24) is 0 Å².